The van der Waals surface area contributed by atoms with Gasteiger partial charge in [0.25, 0.3) is 0 Å². The van der Waals surface area contributed by atoms with Crippen molar-refractivity contribution in [3.8, 4) is 0 Å². The van der Waals surface area contributed by atoms with Crippen molar-refractivity contribution in [2.75, 3.05) is 6.61 Å². The Labute approximate surface area is 96.5 Å². The number of hydrogen-bond acceptors (Lipinski definition) is 5. The summed E-state index contributed by atoms with van der Waals surface area (Å²) in [6, 6.07) is -1.21. The third kappa shape index (κ3) is 3.91. The van der Waals surface area contributed by atoms with Crippen LogP contribution in [0.3, 0.4) is 0 Å². The van der Waals surface area contributed by atoms with Crippen LogP contribution in [0.15, 0.2) is 0 Å². The zero-order valence-corrected chi connectivity index (χ0v) is 11.3. The van der Waals surface area contributed by atoms with Crippen LogP contribution in [0.2, 0.25) is 0 Å². The zero-order valence-electron chi connectivity index (χ0n) is 9.27. The third-order valence-corrected chi connectivity index (χ3v) is 3.46. The molecule has 0 bridgehead atoms. The van der Waals surface area contributed by atoms with E-state index in [4.69, 9.17) is 20.3 Å². The Morgan fingerprint density at radius 3 is 2.75 bits per heavy atom. The Morgan fingerprint density at radius 2 is 2.25 bits per heavy atom. The molecule has 0 aromatic heterocycles. The summed E-state index contributed by atoms with van der Waals surface area (Å²) in [4.78, 5) is 21.9. The summed E-state index contributed by atoms with van der Waals surface area (Å²) in [7, 11) is 0.571. The molecule has 1 rings (SSSR count). The standard InChI is InChI=1S/C9H17NO5Si/c10-6(8(12)13)5-7(11)15-9(16)3-1-2-4-14-9/h6H,1-5,10H2,16H3,(H,12,13)/t6-,9?/m0/s1. The molecule has 1 aliphatic rings. The van der Waals surface area contributed by atoms with Crippen LogP contribution < -0.4 is 5.73 Å². The van der Waals surface area contributed by atoms with Gasteiger partial charge in [0.2, 0.25) is 0 Å². The Hall–Kier alpha value is -0.923. The van der Waals surface area contributed by atoms with Crippen LogP contribution in [-0.2, 0) is 19.1 Å². The van der Waals surface area contributed by atoms with E-state index in [1.54, 1.807) is 0 Å². The maximum absolute atomic E-state index is 11.4. The zero-order chi connectivity index (χ0) is 12.2. The molecular formula is C9H17NO5Si. The van der Waals surface area contributed by atoms with Crippen LogP contribution in [0.4, 0.5) is 0 Å². The number of esters is 1. The molecule has 1 saturated heterocycles. The number of ether oxygens (including phenoxy) is 2. The summed E-state index contributed by atoms with van der Waals surface area (Å²) in [5.41, 5.74) is 4.45. The van der Waals surface area contributed by atoms with Crippen molar-refractivity contribution in [3.05, 3.63) is 0 Å². The van der Waals surface area contributed by atoms with Crippen molar-refractivity contribution in [2.45, 2.75) is 37.1 Å². The summed E-state index contributed by atoms with van der Waals surface area (Å²) in [6.07, 6.45) is 2.30. The van der Waals surface area contributed by atoms with Crippen molar-refractivity contribution in [1.29, 1.82) is 0 Å². The van der Waals surface area contributed by atoms with Crippen molar-refractivity contribution >= 4 is 22.2 Å². The molecule has 0 spiro atoms. The van der Waals surface area contributed by atoms with E-state index in [0.717, 1.165) is 12.8 Å². The van der Waals surface area contributed by atoms with Gasteiger partial charge >= 0.3 is 11.9 Å². The normalized spacial score (nSPS) is 27.3. The molecule has 1 heterocycles. The minimum absolute atomic E-state index is 0.317. The molecule has 0 aromatic rings. The molecule has 1 fully saturated rings. The quantitative estimate of drug-likeness (QED) is 0.466. The Balaban J connectivity index is 2.41. The van der Waals surface area contributed by atoms with Crippen LogP contribution in [0.25, 0.3) is 0 Å². The second kappa shape index (κ2) is 5.42. The molecule has 0 saturated carbocycles. The highest BCUT2D eigenvalue weighted by Gasteiger charge is 2.32. The first kappa shape index (κ1) is 13.1. The van der Waals surface area contributed by atoms with Gasteiger partial charge in [-0.2, -0.15) is 0 Å². The number of aliphatic carboxylic acids is 1. The predicted octanol–water partition coefficient (Wildman–Crippen LogP) is -1.45. The lowest BCUT2D eigenvalue weighted by Gasteiger charge is -2.33. The maximum Gasteiger partial charge on any atom is 0.321 e. The SMILES string of the molecule is N[C@@H](CC(=O)OC1([SiH3])CCCCO1)C(=O)O. The molecule has 1 aliphatic heterocycles. The Bertz CT molecular complexity index is 277. The number of rotatable bonds is 4. The van der Waals surface area contributed by atoms with E-state index in [1.165, 1.54) is 0 Å². The summed E-state index contributed by atoms with van der Waals surface area (Å²) in [5.74, 6) is -1.81. The minimum atomic E-state index is -1.21. The minimum Gasteiger partial charge on any atom is -0.480 e. The first-order valence-electron chi connectivity index (χ1n) is 5.27. The van der Waals surface area contributed by atoms with Gasteiger partial charge in [-0.3, -0.25) is 9.59 Å². The summed E-state index contributed by atoms with van der Waals surface area (Å²) < 4.78 is 10.6. The van der Waals surface area contributed by atoms with Crippen molar-refractivity contribution < 1.29 is 24.2 Å². The first-order valence-corrected chi connectivity index (χ1v) is 6.27. The largest absolute Gasteiger partial charge is 0.480 e. The molecule has 0 amide bonds. The highest BCUT2D eigenvalue weighted by Crippen LogP contribution is 2.23. The highest BCUT2D eigenvalue weighted by molar-refractivity contribution is 6.14. The molecule has 92 valence electrons. The van der Waals surface area contributed by atoms with Gasteiger partial charge in [-0.1, -0.05) is 0 Å². The monoisotopic (exact) mass is 247 g/mol. The number of carboxylic acid groups (broad SMARTS) is 1. The first-order chi connectivity index (χ1) is 7.43. The van der Waals surface area contributed by atoms with Crippen LogP contribution in [0.1, 0.15) is 25.7 Å². The molecule has 1 unspecified atom stereocenters. The number of nitrogens with two attached hydrogens (primary N) is 1. The predicted molar refractivity (Wildman–Crippen MR) is 58.8 cm³/mol. The molecular weight excluding hydrogens is 230 g/mol. The van der Waals surface area contributed by atoms with Gasteiger partial charge in [0.1, 0.15) is 6.04 Å². The van der Waals surface area contributed by atoms with Gasteiger partial charge in [-0.25, -0.2) is 0 Å². The molecule has 2 atom stereocenters. The van der Waals surface area contributed by atoms with Gasteiger partial charge in [0, 0.05) is 6.42 Å². The average Bonchev–Trinajstić information content (AvgIpc) is 2.17. The lowest BCUT2D eigenvalue weighted by Crippen LogP contribution is -2.43. The Morgan fingerprint density at radius 1 is 1.56 bits per heavy atom. The van der Waals surface area contributed by atoms with Crippen molar-refractivity contribution in [3.63, 3.8) is 0 Å². The second-order valence-electron chi connectivity index (χ2n) is 4.06. The average molecular weight is 247 g/mol. The fourth-order valence-corrected chi connectivity index (χ4v) is 2.32. The number of carboxylic acids is 1. The molecule has 7 heteroatoms. The van der Waals surface area contributed by atoms with E-state index in [9.17, 15) is 9.59 Å². The summed E-state index contributed by atoms with van der Waals surface area (Å²) >= 11 is 0. The number of carbonyl (C=O) groups is 2. The second-order valence-corrected chi connectivity index (χ2v) is 5.59. The molecule has 6 nitrogen and oxygen atoms in total. The topological polar surface area (TPSA) is 98.9 Å². The summed E-state index contributed by atoms with van der Waals surface area (Å²) in [5, 5.41) is 8.55. The van der Waals surface area contributed by atoms with E-state index in [-0.39, 0.29) is 6.42 Å². The third-order valence-electron chi connectivity index (χ3n) is 2.47. The van der Waals surface area contributed by atoms with E-state index in [2.05, 4.69) is 0 Å². The molecule has 0 radical (unpaired) electrons. The van der Waals surface area contributed by atoms with Crippen LogP contribution in [0.5, 0.6) is 0 Å². The molecule has 0 aliphatic carbocycles. The van der Waals surface area contributed by atoms with Gasteiger partial charge < -0.3 is 20.3 Å². The fraction of sp³-hybridized carbons (Fsp3) is 0.778. The van der Waals surface area contributed by atoms with Gasteiger partial charge in [0.15, 0.2) is 5.41 Å². The molecule has 16 heavy (non-hydrogen) atoms. The number of hydrogen-bond donors (Lipinski definition) is 2. The highest BCUT2D eigenvalue weighted by atomic mass is 28.1. The van der Waals surface area contributed by atoms with Gasteiger partial charge in [-0.05, 0) is 12.8 Å². The van der Waals surface area contributed by atoms with Crippen molar-refractivity contribution in [1.82, 2.24) is 0 Å². The Kier molecular flexibility index (Phi) is 4.45. The van der Waals surface area contributed by atoms with Crippen LogP contribution in [0, 0.1) is 0 Å². The van der Waals surface area contributed by atoms with Crippen LogP contribution in [-0.4, -0.2) is 45.3 Å². The lowest BCUT2D eigenvalue weighted by molar-refractivity contribution is -0.206. The van der Waals surface area contributed by atoms with Gasteiger partial charge in [0.05, 0.1) is 23.3 Å². The van der Waals surface area contributed by atoms with Crippen molar-refractivity contribution in [2.24, 2.45) is 5.73 Å². The lowest BCUT2D eigenvalue weighted by atomic mass is 10.2. The van der Waals surface area contributed by atoms with E-state index in [1.807, 2.05) is 0 Å². The van der Waals surface area contributed by atoms with Crippen LogP contribution >= 0.6 is 0 Å². The fourth-order valence-electron chi connectivity index (χ4n) is 1.54. The maximum atomic E-state index is 11.4. The van der Waals surface area contributed by atoms with E-state index >= 15 is 0 Å². The van der Waals surface area contributed by atoms with E-state index in [0.29, 0.717) is 23.3 Å². The van der Waals surface area contributed by atoms with Gasteiger partial charge in [-0.15, -0.1) is 0 Å². The molecule has 3 N–H and O–H groups in total. The summed E-state index contributed by atoms with van der Waals surface area (Å²) in [6.45, 7) is 0.585. The molecule has 0 aromatic carbocycles. The smallest absolute Gasteiger partial charge is 0.321 e. The van der Waals surface area contributed by atoms with E-state index < -0.39 is 23.4 Å². The number of carbonyl (C=O) groups excluding carboxylic acids is 1.